The van der Waals surface area contributed by atoms with Crippen molar-refractivity contribution >= 4 is 17.3 Å². The van der Waals surface area contributed by atoms with E-state index in [1.807, 2.05) is 17.8 Å². The maximum atomic E-state index is 10.8. The van der Waals surface area contributed by atoms with Crippen molar-refractivity contribution < 1.29 is 9.90 Å². The van der Waals surface area contributed by atoms with Crippen molar-refractivity contribution in [3.63, 3.8) is 0 Å². The number of nitrogen functional groups attached to an aromatic ring is 1. The molecule has 0 unspecified atom stereocenters. The Bertz CT molecular complexity index is 577. The number of aromatic carboxylic acids is 1. The molecule has 0 aliphatic heterocycles. The molecule has 4 N–H and O–H groups in total. The fourth-order valence-electron chi connectivity index (χ4n) is 1.60. The molecule has 2 rings (SSSR count). The fraction of sp³-hybridized carbons (Fsp3) is 0.167. The van der Waals surface area contributed by atoms with Crippen LogP contribution >= 0.6 is 0 Å². The molecule has 18 heavy (non-hydrogen) atoms. The fourth-order valence-corrected chi connectivity index (χ4v) is 1.60. The Labute approximate surface area is 104 Å². The van der Waals surface area contributed by atoms with E-state index in [1.54, 1.807) is 12.3 Å². The van der Waals surface area contributed by atoms with E-state index in [-0.39, 0.29) is 5.56 Å². The number of aryl methyl sites for hydroxylation is 1. The lowest BCUT2D eigenvalue weighted by Gasteiger charge is -2.09. The number of carboxylic acid groups (broad SMARTS) is 1. The summed E-state index contributed by atoms with van der Waals surface area (Å²) >= 11 is 0. The number of hydrogen-bond acceptors (Lipinski definition) is 4. The first-order valence-corrected chi connectivity index (χ1v) is 5.41. The van der Waals surface area contributed by atoms with Crippen LogP contribution in [-0.4, -0.2) is 20.6 Å². The molecule has 0 amide bonds. The van der Waals surface area contributed by atoms with Crippen molar-refractivity contribution in [2.45, 2.75) is 6.54 Å². The molecule has 0 aliphatic rings. The van der Waals surface area contributed by atoms with Gasteiger partial charge in [-0.1, -0.05) is 0 Å². The van der Waals surface area contributed by atoms with Gasteiger partial charge in [-0.25, -0.2) is 9.78 Å². The molecular weight excluding hydrogens is 232 g/mol. The van der Waals surface area contributed by atoms with Crippen LogP contribution in [0, 0.1) is 0 Å². The third kappa shape index (κ3) is 2.42. The van der Waals surface area contributed by atoms with Crippen molar-refractivity contribution in [2.75, 3.05) is 11.1 Å². The van der Waals surface area contributed by atoms with E-state index < -0.39 is 5.97 Å². The molecule has 2 aromatic rings. The lowest BCUT2D eigenvalue weighted by atomic mass is 10.2. The second kappa shape index (κ2) is 4.79. The third-order valence-electron chi connectivity index (χ3n) is 2.66. The molecule has 1 aromatic carbocycles. The topological polar surface area (TPSA) is 93.2 Å². The zero-order valence-electron chi connectivity index (χ0n) is 9.92. The van der Waals surface area contributed by atoms with E-state index in [9.17, 15) is 4.79 Å². The minimum atomic E-state index is -0.989. The highest BCUT2D eigenvalue weighted by molar-refractivity contribution is 5.90. The number of carbonyl (C=O) groups is 1. The first kappa shape index (κ1) is 12.0. The van der Waals surface area contributed by atoms with Gasteiger partial charge >= 0.3 is 5.97 Å². The largest absolute Gasteiger partial charge is 0.478 e. The summed E-state index contributed by atoms with van der Waals surface area (Å²) in [6.45, 7) is 0.528. The van der Waals surface area contributed by atoms with Crippen LogP contribution in [0.3, 0.4) is 0 Å². The Balaban J connectivity index is 2.11. The Hall–Kier alpha value is -2.50. The smallest absolute Gasteiger partial charge is 0.335 e. The molecule has 1 aromatic heterocycles. The van der Waals surface area contributed by atoms with Crippen molar-refractivity contribution in [2.24, 2.45) is 7.05 Å². The molecular formula is C12H14N4O2. The first-order valence-electron chi connectivity index (χ1n) is 5.41. The van der Waals surface area contributed by atoms with E-state index >= 15 is 0 Å². The minimum Gasteiger partial charge on any atom is -0.478 e. The lowest BCUT2D eigenvalue weighted by molar-refractivity contribution is 0.0697. The molecule has 0 fully saturated rings. The number of hydrogen-bond donors (Lipinski definition) is 3. The maximum Gasteiger partial charge on any atom is 0.335 e. The van der Waals surface area contributed by atoms with Crippen molar-refractivity contribution in [3.8, 4) is 0 Å². The summed E-state index contributed by atoms with van der Waals surface area (Å²) in [5.74, 6) is -0.117. The molecule has 6 nitrogen and oxygen atoms in total. The normalized spacial score (nSPS) is 10.3. The van der Waals surface area contributed by atoms with Gasteiger partial charge in [0.15, 0.2) is 0 Å². The molecule has 94 valence electrons. The van der Waals surface area contributed by atoms with Crippen molar-refractivity contribution in [1.82, 2.24) is 9.55 Å². The number of aromatic nitrogens is 2. The number of nitrogens with one attached hydrogen (secondary N) is 1. The summed E-state index contributed by atoms with van der Waals surface area (Å²) in [6.07, 6.45) is 3.57. The van der Waals surface area contributed by atoms with E-state index in [1.165, 1.54) is 12.1 Å². The molecule has 1 heterocycles. The molecule has 0 saturated heterocycles. The Morgan fingerprint density at radius 1 is 1.56 bits per heavy atom. The van der Waals surface area contributed by atoms with Crippen LogP contribution < -0.4 is 11.1 Å². The van der Waals surface area contributed by atoms with Gasteiger partial charge in [0.05, 0.1) is 23.5 Å². The summed E-state index contributed by atoms with van der Waals surface area (Å²) in [4.78, 5) is 14.9. The zero-order valence-corrected chi connectivity index (χ0v) is 9.92. The van der Waals surface area contributed by atoms with Gasteiger partial charge in [-0.3, -0.25) is 0 Å². The highest BCUT2D eigenvalue weighted by atomic mass is 16.4. The zero-order chi connectivity index (χ0) is 13.1. The van der Waals surface area contributed by atoms with Crippen LogP contribution in [0.2, 0.25) is 0 Å². The highest BCUT2D eigenvalue weighted by Gasteiger charge is 2.06. The number of anilines is 2. The summed E-state index contributed by atoms with van der Waals surface area (Å²) < 4.78 is 1.90. The minimum absolute atomic E-state index is 0.176. The Kier molecular flexibility index (Phi) is 3.18. The summed E-state index contributed by atoms with van der Waals surface area (Å²) in [7, 11) is 1.90. The maximum absolute atomic E-state index is 10.8. The molecule has 0 radical (unpaired) electrons. The SMILES string of the molecule is Cn1ccnc1CNc1ccc(C(=O)O)cc1N. The molecule has 0 aliphatic carbocycles. The predicted molar refractivity (Wildman–Crippen MR) is 68.3 cm³/mol. The second-order valence-electron chi connectivity index (χ2n) is 3.92. The van der Waals surface area contributed by atoms with E-state index in [2.05, 4.69) is 10.3 Å². The summed E-state index contributed by atoms with van der Waals surface area (Å²) in [5.41, 5.74) is 7.06. The van der Waals surface area contributed by atoms with Crippen LogP contribution in [0.25, 0.3) is 0 Å². The van der Waals surface area contributed by atoms with Crippen LogP contribution in [0.4, 0.5) is 11.4 Å². The van der Waals surface area contributed by atoms with Crippen molar-refractivity contribution in [3.05, 3.63) is 42.0 Å². The predicted octanol–water partition coefficient (Wildman–Crippen LogP) is 1.31. The van der Waals surface area contributed by atoms with E-state index in [4.69, 9.17) is 10.8 Å². The van der Waals surface area contributed by atoms with Gasteiger partial charge in [0.25, 0.3) is 0 Å². The van der Waals surface area contributed by atoms with Gasteiger partial charge in [-0.2, -0.15) is 0 Å². The van der Waals surface area contributed by atoms with Gasteiger partial charge in [0.1, 0.15) is 5.82 Å². The molecule has 0 spiro atoms. The average Bonchev–Trinajstić information content (AvgIpc) is 2.73. The van der Waals surface area contributed by atoms with Crippen LogP contribution in [0.1, 0.15) is 16.2 Å². The van der Waals surface area contributed by atoms with Crippen LogP contribution in [0.5, 0.6) is 0 Å². The average molecular weight is 246 g/mol. The number of nitrogens with two attached hydrogens (primary N) is 1. The molecule has 0 atom stereocenters. The lowest BCUT2D eigenvalue weighted by Crippen LogP contribution is -2.08. The molecule has 6 heteroatoms. The summed E-state index contributed by atoms with van der Waals surface area (Å²) in [6, 6.07) is 4.60. The van der Waals surface area contributed by atoms with Gasteiger partial charge in [-0.05, 0) is 18.2 Å². The summed E-state index contributed by atoms with van der Waals surface area (Å²) in [5, 5.41) is 11.9. The highest BCUT2D eigenvalue weighted by Crippen LogP contribution is 2.20. The van der Waals surface area contributed by atoms with Gasteiger partial charge < -0.3 is 20.7 Å². The quantitative estimate of drug-likeness (QED) is 0.707. The number of nitrogens with zero attached hydrogens (tertiary/aromatic N) is 2. The van der Waals surface area contributed by atoms with Gasteiger partial charge in [0, 0.05) is 19.4 Å². The second-order valence-corrected chi connectivity index (χ2v) is 3.92. The monoisotopic (exact) mass is 246 g/mol. The number of imidazole rings is 1. The third-order valence-corrected chi connectivity index (χ3v) is 2.66. The van der Waals surface area contributed by atoms with E-state index in [0.29, 0.717) is 17.9 Å². The van der Waals surface area contributed by atoms with Gasteiger partial charge in [0.2, 0.25) is 0 Å². The van der Waals surface area contributed by atoms with Gasteiger partial charge in [-0.15, -0.1) is 0 Å². The van der Waals surface area contributed by atoms with Crippen molar-refractivity contribution in [1.29, 1.82) is 0 Å². The van der Waals surface area contributed by atoms with E-state index in [0.717, 1.165) is 5.82 Å². The van der Waals surface area contributed by atoms with Crippen LogP contribution in [-0.2, 0) is 13.6 Å². The van der Waals surface area contributed by atoms with Crippen LogP contribution in [0.15, 0.2) is 30.6 Å². The number of benzene rings is 1. The number of carboxylic acids is 1. The Morgan fingerprint density at radius 2 is 2.33 bits per heavy atom. The Morgan fingerprint density at radius 3 is 2.89 bits per heavy atom. The number of rotatable bonds is 4. The first-order chi connectivity index (χ1) is 8.58. The standard InChI is InChI=1S/C12H14N4O2/c1-16-5-4-14-11(16)7-15-10-3-2-8(12(17)18)6-9(10)13/h2-6,15H,7,13H2,1H3,(H,17,18). The molecule has 0 bridgehead atoms. The molecule has 0 saturated carbocycles.